The van der Waals surface area contributed by atoms with Crippen LogP contribution in [0.15, 0.2) is 12.1 Å². The fourth-order valence-electron chi connectivity index (χ4n) is 3.29. The van der Waals surface area contributed by atoms with Gasteiger partial charge < -0.3 is 19.5 Å². The number of nitrogens with zero attached hydrogens (tertiary/aromatic N) is 1. The second-order valence-corrected chi connectivity index (χ2v) is 6.91. The zero-order valence-corrected chi connectivity index (χ0v) is 16.5. The highest BCUT2D eigenvalue weighted by molar-refractivity contribution is 5.96. The average molecular weight is 394 g/mol. The van der Waals surface area contributed by atoms with Crippen LogP contribution in [0.4, 0.5) is 5.69 Å². The molecule has 1 aliphatic carbocycles. The van der Waals surface area contributed by atoms with Gasteiger partial charge in [-0.15, -0.1) is 0 Å². The van der Waals surface area contributed by atoms with Crippen molar-refractivity contribution < 1.29 is 28.7 Å². The van der Waals surface area contributed by atoms with Gasteiger partial charge in [-0.05, 0) is 25.7 Å². The largest absolute Gasteiger partial charge is 0.493 e. The molecule has 0 spiro atoms. The van der Waals surface area contributed by atoms with E-state index in [1.807, 2.05) is 0 Å². The second-order valence-electron chi connectivity index (χ2n) is 6.91. The van der Waals surface area contributed by atoms with Crippen LogP contribution in [0.5, 0.6) is 11.5 Å². The predicted octanol–water partition coefficient (Wildman–Crippen LogP) is 2.85. The molecule has 3 atom stereocenters. The smallest absolute Gasteiger partial charge is 0.346 e. The minimum Gasteiger partial charge on any atom is -0.493 e. The average Bonchev–Trinajstić information content (AvgIpc) is 2.68. The number of benzene rings is 1. The maximum Gasteiger partial charge on any atom is 0.346 e. The Bertz CT molecular complexity index is 750. The Hall–Kier alpha value is -2.84. The molecule has 28 heavy (non-hydrogen) atoms. The van der Waals surface area contributed by atoms with Crippen LogP contribution in [0.2, 0.25) is 0 Å². The summed E-state index contributed by atoms with van der Waals surface area (Å²) in [6, 6.07) is 2.30. The lowest BCUT2D eigenvalue weighted by Crippen LogP contribution is -2.46. The van der Waals surface area contributed by atoms with Gasteiger partial charge in [0.25, 0.3) is 11.6 Å². The van der Waals surface area contributed by atoms with Crippen LogP contribution >= 0.6 is 0 Å². The molecule has 0 heterocycles. The summed E-state index contributed by atoms with van der Waals surface area (Å²) < 4.78 is 15.3. The van der Waals surface area contributed by atoms with Gasteiger partial charge in [0, 0.05) is 12.1 Å². The number of rotatable bonds is 7. The van der Waals surface area contributed by atoms with Crippen LogP contribution < -0.4 is 14.8 Å². The van der Waals surface area contributed by atoms with Crippen molar-refractivity contribution in [3.63, 3.8) is 0 Å². The van der Waals surface area contributed by atoms with Crippen molar-refractivity contribution in [2.75, 3.05) is 14.2 Å². The molecule has 2 rings (SSSR count). The van der Waals surface area contributed by atoms with Gasteiger partial charge in [0.1, 0.15) is 5.56 Å². The number of nitrogens with one attached hydrogen (secondary N) is 1. The molecule has 0 saturated heterocycles. The summed E-state index contributed by atoms with van der Waals surface area (Å²) in [5, 5.41) is 14.2. The molecule has 0 unspecified atom stereocenters. The number of ether oxygens (including phenoxy) is 3. The molecule has 9 heteroatoms. The molecule has 1 aliphatic rings. The van der Waals surface area contributed by atoms with E-state index in [1.165, 1.54) is 27.2 Å². The van der Waals surface area contributed by atoms with E-state index >= 15 is 0 Å². The number of nitro groups is 1. The quantitative estimate of drug-likeness (QED) is 0.429. The van der Waals surface area contributed by atoms with Gasteiger partial charge in [0.15, 0.2) is 17.6 Å². The molecule has 0 aromatic heterocycles. The minimum atomic E-state index is -1.09. The Kier molecular flexibility index (Phi) is 7.19. The Labute approximate surface area is 163 Å². The van der Waals surface area contributed by atoms with E-state index < -0.39 is 28.6 Å². The summed E-state index contributed by atoms with van der Waals surface area (Å²) in [7, 11) is 2.68. The Morgan fingerprint density at radius 3 is 2.36 bits per heavy atom. The fraction of sp³-hybridized carbons (Fsp3) is 0.579. The predicted molar refractivity (Wildman–Crippen MR) is 101 cm³/mol. The van der Waals surface area contributed by atoms with Crippen molar-refractivity contribution in [3.05, 3.63) is 27.8 Å². The standard InChI is InChI=1S/C19H26N2O7/c1-11-7-5-6-8-14(11)20-18(22)12(2)28-19(23)13-9-16(26-3)17(27-4)10-15(13)21(24)25/h9-12,14H,5-8H2,1-4H3,(H,20,22)/t11-,12-,14+/m0/s1. The first-order chi connectivity index (χ1) is 13.3. The highest BCUT2D eigenvalue weighted by atomic mass is 16.6. The zero-order valence-electron chi connectivity index (χ0n) is 16.5. The topological polar surface area (TPSA) is 117 Å². The van der Waals surface area contributed by atoms with Gasteiger partial charge in [0.2, 0.25) is 0 Å². The molecule has 1 fully saturated rings. The third kappa shape index (κ3) is 4.90. The Morgan fingerprint density at radius 2 is 1.79 bits per heavy atom. The SMILES string of the molecule is COc1cc(C(=O)O[C@@H](C)C(=O)N[C@@H]2CCCC[C@@H]2C)c([N+](=O)[O-])cc1OC. The number of carbonyl (C=O) groups excluding carboxylic acids is 2. The fourth-order valence-corrected chi connectivity index (χ4v) is 3.29. The highest BCUT2D eigenvalue weighted by Crippen LogP contribution is 2.35. The van der Waals surface area contributed by atoms with E-state index in [2.05, 4.69) is 12.2 Å². The van der Waals surface area contributed by atoms with Crippen molar-refractivity contribution in [2.45, 2.75) is 51.7 Å². The number of methoxy groups -OCH3 is 2. The van der Waals surface area contributed by atoms with Crippen molar-refractivity contribution >= 4 is 17.6 Å². The van der Waals surface area contributed by atoms with Crippen LogP contribution in [0.1, 0.15) is 49.9 Å². The molecule has 154 valence electrons. The summed E-state index contributed by atoms with van der Waals surface area (Å²) >= 11 is 0. The van der Waals surface area contributed by atoms with Crippen molar-refractivity contribution in [1.29, 1.82) is 0 Å². The first-order valence-corrected chi connectivity index (χ1v) is 9.20. The van der Waals surface area contributed by atoms with E-state index in [0.717, 1.165) is 31.7 Å². The first-order valence-electron chi connectivity index (χ1n) is 9.20. The molecule has 1 N–H and O–H groups in total. The van der Waals surface area contributed by atoms with E-state index in [1.54, 1.807) is 0 Å². The molecular formula is C19H26N2O7. The molecule has 0 radical (unpaired) electrons. The Balaban J connectivity index is 2.14. The zero-order chi connectivity index (χ0) is 20.8. The van der Waals surface area contributed by atoms with Gasteiger partial charge in [-0.3, -0.25) is 14.9 Å². The number of nitro benzene ring substituents is 1. The lowest BCUT2D eigenvalue weighted by Gasteiger charge is -2.30. The lowest BCUT2D eigenvalue weighted by atomic mass is 9.86. The van der Waals surface area contributed by atoms with Crippen LogP contribution in [0.3, 0.4) is 0 Å². The first kappa shape index (κ1) is 21.5. The molecule has 1 amide bonds. The molecule has 1 aromatic carbocycles. The number of amides is 1. The van der Waals surface area contributed by atoms with E-state index in [9.17, 15) is 19.7 Å². The third-order valence-corrected chi connectivity index (χ3v) is 5.01. The molecule has 9 nitrogen and oxygen atoms in total. The molecular weight excluding hydrogens is 368 g/mol. The van der Waals surface area contributed by atoms with Crippen LogP contribution in [-0.4, -0.2) is 43.2 Å². The normalized spacial score (nSPS) is 20.0. The lowest BCUT2D eigenvalue weighted by molar-refractivity contribution is -0.385. The van der Waals surface area contributed by atoms with Crippen LogP contribution in [-0.2, 0) is 9.53 Å². The summed E-state index contributed by atoms with van der Waals surface area (Å²) in [5.74, 6) is -0.786. The highest BCUT2D eigenvalue weighted by Gasteiger charge is 2.30. The summed E-state index contributed by atoms with van der Waals surface area (Å²) in [6.07, 6.45) is 3.02. The number of esters is 1. The second kappa shape index (κ2) is 9.38. The van der Waals surface area contributed by atoms with Gasteiger partial charge in [-0.1, -0.05) is 19.8 Å². The van der Waals surface area contributed by atoms with Crippen LogP contribution in [0, 0.1) is 16.0 Å². The molecule has 1 aromatic rings. The van der Waals surface area contributed by atoms with E-state index in [0.29, 0.717) is 5.92 Å². The van der Waals surface area contributed by atoms with E-state index in [4.69, 9.17) is 14.2 Å². The van der Waals surface area contributed by atoms with Gasteiger partial charge in [-0.25, -0.2) is 4.79 Å². The van der Waals surface area contributed by atoms with Crippen molar-refractivity contribution in [3.8, 4) is 11.5 Å². The number of hydrogen-bond acceptors (Lipinski definition) is 7. The summed E-state index contributed by atoms with van der Waals surface area (Å²) in [5.41, 5.74) is -0.801. The van der Waals surface area contributed by atoms with Gasteiger partial charge in [0.05, 0.1) is 25.2 Å². The summed E-state index contributed by atoms with van der Waals surface area (Å²) in [6.45, 7) is 3.51. The molecule has 0 bridgehead atoms. The van der Waals surface area contributed by atoms with Crippen LogP contribution in [0.25, 0.3) is 0 Å². The maximum atomic E-state index is 12.5. The monoisotopic (exact) mass is 394 g/mol. The molecule has 1 saturated carbocycles. The summed E-state index contributed by atoms with van der Waals surface area (Å²) in [4.78, 5) is 35.5. The van der Waals surface area contributed by atoms with Gasteiger partial charge >= 0.3 is 5.97 Å². The van der Waals surface area contributed by atoms with Gasteiger partial charge in [-0.2, -0.15) is 0 Å². The Morgan fingerprint density at radius 1 is 1.18 bits per heavy atom. The molecule has 0 aliphatic heterocycles. The minimum absolute atomic E-state index is 0.0396. The third-order valence-electron chi connectivity index (χ3n) is 5.01. The van der Waals surface area contributed by atoms with Crippen molar-refractivity contribution in [1.82, 2.24) is 5.32 Å². The van der Waals surface area contributed by atoms with Crippen molar-refractivity contribution in [2.24, 2.45) is 5.92 Å². The van der Waals surface area contributed by atoms with E-state index in [-0.39, 0.29) is 23.1 Å². The number of hydrogen-bond donors (Lipinski definition) is 1. The maximum absolute atomic E-state index is 12.5. The number of carbonyl (C=O) groups is 2.